The summed E-state index contributed by atoms with van der Waals surface area (Å²) in [5, 5.41) is 0. The third-order valence-electron chi connectivity index (χ3n) is 1.92. The lowest BCUT2D eigenvalue weighted by molar-refractivity contribution is 0.469. The van der Waals surface area contributed by atoms with Crippen molar-refractivity contribution in [3.05, 3.63) is 0 Å². The smallest absolute Gasteiger partial charge is 0.0130 e. The van der Waals surface area contributed by atoms with Crippen LogP contribution in [-0.4, -0.2) is 14.5 Å². The molecular formula is C8H17O2S-. The van der Waals surface area contributed by atoms with Gasteiger partial charge in [-0.15, -0.1) is 0 Å². The molecule has 0 heterocycles. The van der Waals surface area contributed by atoms with Gasteiger partial charge in [0, 0.05) is 5.75 Å². The second-order valence-corrected chi connectivity index (χ2v) is 3.83. The number of rotatable bonds is 6. The second kappa shape index (κ2) is 6.80. The van der Waals surface area contributed by atoms with Crippen molar-refractivity contribution in [1.82, 2.24) is 0 Å². The van der Waals surface area contributed by atoms with Crippen molar-refractivity contribution in [2.75, 3.05) is 5.75 Å². The molecule has 2 unspecified atom stereocenters. The van der Waals surface area contributed by atoms with Gasteiger partial charge in [-0.05, 0) is 12.3 Å². The zero-order valence-corrected chi connectivity index (χ0v) is 8.15. The van der Waals surface area contributed by atoms with Crippen LogP contribution in [0.25, 0.3) is 0 Å². The summed E-state index contributed by atoms with van der Waals surface area (Å²) in [6.07, 6.45) is 4.34. The van der Waals surface area contributed by atoms with Crippen LogP contribution < -0.4 is 0 Å². The van der Waals surface area contributed by atoms with Gasteiger partial charge in [-0.2, -0.15) is 0 Å². The van der Waals surface area contributed by atoms with Crippen molar-refractivity contribution < 1.29 is 8.76 Å². The average molecular weight is 177 g/mol. The van der Waals surface area contributed by atoms with Crippen LogP contribution in [-0.2, 0) is 11.1 Å². The van der Waals surface area contributed by atoms with Gasteiger partial charge in [-0.3, -0.25) is 4.21 Å². The van der Waals surface area contributed by atoms with Gasteiger partial charge in [0.05, 0.1) is 0 Å². The Labute approximate surface area is 71.7 Å². The molecule has 0 aliphatic carbocycles. The highest BCUT2D eigenvalue weighted by atomic mass is 32.2. The average Bonchev–Trinajstić information content (AvgIpc) is 1.97. The molecule has 0 aromatic heterocycles. The van der Waals surface area contributed by atoms with Crippen LogP contribution in [0.5, 0.6) is 0 Å². The molecule has 2 nitrogen and oxygen atoms in total. The molecule has 3 heteroatoms. The first-order chi connectivity index (χ1) is 5.20. The monoisotopic (exact) mass is 177 g/mol. The standard InChI is InChI=1S/C8H18O2S/c1-3-5-6-8(4-2)7-11(9)10/h8H,3-7H2,1-2H3,(H,9,10)/p-1. The van der Waals surface area contributed by atoms with Gasteiger partial charge in [-0.1, -0.05) is 44.2 Å². The molecule has 0 N–H and O–H groups in total. The van der Waals surface area contributed by atoms with E-state index >= 15 is 0 Å². The van der Waals surface area contributed by atoms with Gasteiger partial charge >= 0.3 is 0 Å². The predicted octanol–water partition coefficient (Wildman–Crippen LogP) is 2.08. The van der Waals surface area contributed by atoms with Gasteiger partial charge in [0.2, 0.25) is 0 Å². The minimum atomic E-state index is -1.85. The summed E-state index contributed by atoms with van der Waals surface area (Å²) in [4.78, 5) is 0. The Kier molecular flexibility index (Phi) is 6.87. The normalized spacial score (nSPS) is 16.3. The molecule has 11 heavy (non-hydrogen) atoms. The molecule has 0 aliphatic rings. The summed E-state index contributed by atoms with van der Waals surface area (Å²) in [6, 6.07) is 0. The molecule has 0 radical (unpaired) electrons. The van der Waals surface area contributed by atoms with Crippen molar-refractivity contribution in [2.45, 2.75) is 39.5 Å². The molecule has 0 bridgehead atoms. The van der Waals surface area contributed by atoms with Crippen molar-refractivity contribution in [3.63, 3.8) is 0 Å². The molecule has 68 valence electrons. The molecule has 0 fully saturated rings. The van der Waals surface area contributed by atoms with Gasteiger partial charge in [0.1, 0.15) is 0 Å². The first-order valence-corrected chi connectivity index (χ1v) is 5.50. The highest BCUT2D eigenvalue weighted by Gasteiger charge is 2.04. The second-order valence-electron chi connectivity index (χ2n) is 2.89. The Morgan fingerprint density at radius 2 is 2.09 bits per heavy atom. The number of hydrogen-bond acceptors (Lipinski definition) is 2. The van der Waals surface area contributed by atoms with E-state index in [0.29, 0.717) is 11.7 Å². The fourth-order valence-corrected chi connectivity index (χ4v) is 1.88. The zero-order valence-electron chi connectivity index (χ0n) is 7.34. The number of hydrogen-bond donors (Lipinski definition) is 0. The van der Waals surface area contributed by atoms with Crippen molar-refractivity contribution >= 4 is 11.1 Å². The third kappa shape index (κ3) is 6.51. The molecule has 0 spiro atoms. The van der Waals surface area contributed by atoms with Crippen LogP contribution in [0.3, 0.4) is 0 Å². The van der Waals surface area contributed by atoms with E-state index in [1.165, 1.54) is 0 Å². The fourth-order valence-electron chi connectivity index (χ4n) is 1.09. The Balaban J connectivity index is 3.49. The van der Waals surface area contributed by atoms with E-state index in [0.717, 1.165) is 25.7 Å². The van der Waals surface area contributed by atoms with Crippen molar-refractivity contribution in [3.8, 4) is 0 Å². The van der Waals surface area contributed by atoms with E-state index in [1.54, 1.807) is 0 Å². The molecule has 0 aromatic rings. The summed E-state index contributed by atoms with van der Waals surface area (Å²) in [7, 11) is 0. The SMILES string of the molecule is CCCCC(CC)CS(=O)[O-]. The quantitative estimate of drug-likeness (QED) is 0.583. The van der Waals surface area contributed by atoms with E-state index in [2.05, 4.69) is 6.92 Å². The Bertz CT molecular complexity index is 115. The topological polar surface area (TPSA) is 40.1 Å². The highest BCUT2D eigenvalue weighted by molar-refractivity contribution is 7.79. The summed E-state index contributed by atoms with van der Waals surface area (Å²) < 4.78 is 20.7. The van der Waals surface area contributed by atoms with Gasteiger partial charge < -0.3 is 4.55 Å². The van der Waals surface area contributed by atoms with Crippen LogP contribution >= 0.6 is 0 Å². The molecule has 0 aromatic carbocycles. The Hall–Kier alpha value is 0.110. The van der Waals surface area contributed by atoms with E-state index in [-0.39, 0.29) is 0 Å². The first-order valence-electron chi connectivity index (χ1n) is 4.26. The minimum absolute atomic E-state index is 0.344. The molecule has 0 amide bonds. The maximum atomic E-state index is 10.3. The van der Waals surface area contributed by atoms with Crippen LogP contribution in [0.15, 0.2) is 0 Å². The van der Waals surface area contributed by atoms with E-state index in [1.807, 2.05) is 6.92 Å². The lowest BCUT2D eigenvalue weighted by Crippen LogP contribution is -2.09. The lowest BCUT2D eigenvalue weighted by Gasteiger charge is -2.15. The molecular weight excluding hydrogens is 160 g/mol. The van der Waals surface area contributed by atoms with Gasteiger partial charge in [0.25, 0.3) is 0 Å². The van der Waals surface area contributed by atoms with Crippen LogP contribution in [0.2, 0.25) is 0 Å². The molecule has 2 atom stereocenters. The van der Waals surface area contributed by atoms with Crippen LogP contribution in [0, 0.1) is 5.92 Å². The Morgan fingerprint density at radius 3 is 2.45 bits per heavy atom. The predicted molar refractivity (Wildman–Crippen MR) is 47.1 cm³/mol. The van der Waals surface area contributed by atoms with Crippen LogP contribution in [0.1, 0.15) is 39.5 Å². The number of unbranched alkanes of at least 4 members (excludes halogenated alkanes) is 1. The summed E-state index contributed by atoms with van der Waals surface area (Å²) in [5.74, 6) is 0.726. The maximum Gasteiger partial charge on any atom is 0.0130 e. The van der Waals surface area contributed by atoms with Crippen molar-refractivity contribution in [2.24, 2.45) is 5.92 Å². The lowest BCUT2D eigenvalue weighted by atomic mass is 10.0. The largest absolute Gasteiger partial charge is 0.772 e. The third-order valence-corrected chi connectivity index (χ3v) is 2.66. The Morgan fingerprint density at radius 1 is 1.45 bits per heavy atom. The first kappa shape index (κ1) is 11.1. The highest BCUT2D eigenvalue weighted by Crippen LogP contribution is 2.12. The summed E-state index contributed by atoms with van der Waals surface area (Å²) in [6.45, 7) is 4.17. The van der Waals surface area contributed by atoms with Crippen LogP contribution in [0.4, 0.5) is 0 Å². The minimum Gasteiger partial charge on any atom is -0.772 e. The van der Waals surface area contributed by atoms with Gasteiger partial charge in [0.15, 0.2) is 0 Å². The maximum absolute atomic E-state index is 10.3. The summed E-state index contributed by atoms with van der Waals surface area (Å²) >= 11 is -1.85. The van der Waals surface area contributed by atoms with Crippen molar-refractivity contribution in [1.29, 1.82) is 0 Å². The summed E-state index contributed by atoms with van der Waals surface area (Å²) in [5.41, 5.74) is 0. The molecule has 0 saturated carbocycles. The fraction of sp³-hybridized carbons (Fsp3) is 1.00. The van der Waals surface area contributed by atoms with Gasteiger partial charge in [-0.25, -0.2) is 0 Å². The van der Waals surface area contributed by atoms with E-state index < -0.39 is 11.1 Å². The molecule has 0 saturated heterocycles. The molecule has 0 aliphatic heterocycles. The van der Waals surface area contributed by atoms with E-state index in [4.69, 9.17) is 0 Å². The molecule has 0 rings (SSSR count). The van der Waals surface area contributed by atoms with E-state index in [9.17, 15) is 8.76 Å². The zero-order chi connectivity index (χ0) is 8.69.